The molecule has 6 heteroatoms. The molecule has 0 fully saturated rings. The first-order valence-electron chi connectivity index (χ1n) is 9.07. The van der Waals surface area contributed by atoms with Crippen LogP contribution >= 0.6 is 0 Å². The predicted octanol–water partition coefficient (Wildman–Crippen LogP) is 3.38. The molecule has 0 saturated carbocycles. The third-order valence-corrected chi connectivity index (χ3v) is 4.37. The Morgan fingerprint density at radius 1 is 1.08 bits per heavy atom. The minimum absolute atomic E-state index is 0.454. The van der Waals surface area contributed by atoms with Crippen molar-refractivity contribution in [2.75, 3.05) is 13.7 Å². The molecule has 0 aliphatic carbocycles. The van der Waals surface area contributed by atoms with Crippen LogP contribution in [0.1, 0.15) is 37.8 Å². The van der Waals surface area contributed by atoms with Crippen LogP contribution in [0.4, 0.5) is 0 Å². The highest BCUT2D eigenvalue weighted by Crippen LogP contribution is 2.16. The van der Waals surface area contributed by atoms with E-state index in [1.54, 1.807) is 7.11 Å². The molecule has 0 bridgehead atoms. The van der Waals surface area contributed by atoms with Crippen molar-refractivity contribution in [3.8, 4) is 11.4 Å². The van der Waals surface area contributed by atoms with Crippen LogP contribution < -0.4 is 10.1 Å². The van der Waals surface area contributed by atoms with Crippen molar-refractivity contribution < 1.29 is 4.74 Å². The highest BCUT2D eigenvalue weighted by molar-refractivity contribution is 5.38. The summed E-state index contributed by atoms with van der Waals surface area (Å²) in [4.78, 5) is 8.91. The van der Waals surface area contributed by atoms with Crippen molar-refractivity contribution >= 4 is 0 Å². The smallest absolute Gasteiger partial charge is 0.127 e. The topological polar surface area (TPSA) is 56.9 Å². The maximum absolute atomic E-state index is 5.22. The molecule has 0 aliphatic heterocycles. The van der Waals surface area contributed by atoms with Gasteiger partial charge in [0, 0.05) is 42.9 Å². The number of hydrogen-bond donors (Lipinski definition) is 1. The molecule has 3 rings (SSSR count). The van der Waals surface area contributed by atoms with Gasteiger partial charge in [0.05, 0.1) is 13.7 Å². The lowest BCUT2D eigenvalue weighted by atomic mass is 10.2. The second-order valence-corrected chi connectivity index (χ2v) is 6.58. The number of nitrogens with one attached hydrogen (secondary N) is 1. The zero-order chi connectivity index (χ0) is 18.4. The van der Waals surface area contributed by atoms with Gasteiger partial charge >= 0.3 is 0 Å². The van der Waals surface area contributed by atoms with E-state index >= 15 is 0 Å². The molecule has 3 aromatic rings. The zero-order valence-electron chi connectivity index (χ0n) is 15.7. The molecule has 1 N–H and O–H groups in total. The molecule has 0 amide bonds. The summed E-state index contributed by atoms with van der Waals surface area (Å²) in [5, 5.41) is 3.49. The largest absolute Gasteiger partial charge is 0.497 e. The van der Waals surface area contributed by atoms with Crippen LogP contribution in [-0.2, 0) is 13.1 Å². The number of aromatic nitrogens is 4. The number of aryl methyl sites for hydroxylation is 1. The van der Waals surface area contributed by atoms with Crippen LogP contribution in [0, 0.1) is 0 Å². The zero-order valence-corrected chi connectivity index (χ0v) is 15.7. The molecule has 6 nitrogen and oxygen atoms in total. The Balaban J connectivity index is 1.50. The molecule has 0 aliphatic rings. The van der Waals surface area contributed by atoms with Crippen molar-refractivity contribution in [3.05, 3.63) is 60.7 Å². The molecule has 138 valence electrons. The lowest BCUT2D eigenvalue weighted by Crippen LogP contribution is -2.19. The minimum atomic E-state index is 0.454. The van der Waals surface area contributed by atoms with E-state index in [1.165, 1.54) is 0 Å². The molecular weight excluding hydrogens is 326 g/mol. The average molecular weight is 353 g/mol. The third-order valence-electron chi connectivity index (χ3n) is 4.37. The maximum atomic E-state index is 5.22. The fourth-order valence-corrected chi connectivity index (χ4v) is 3.03. The Labute approximate surface area is 154 Å². The number of hydrogen-bond acceptors (Lipinski definition) is 4. The second kappa shape index (κ2) is 8.67. The van der Waals surface area contributed by atoms with Crippen molar-refractivity contribution in [2.45, 2.75) is 39.3 Å². The fraction of sp³-hybridized carbons (Fsp3) is 0.400. The summed E-state index contributed by atoms with van der Waals surface area (Å²) >= 11 is 0. The van der Waals surface area contributed by atoms with Crippen molar-refractivity contribution in [2.24, 2.45) is 0 Å². The molecular formula is C20H27N5O. The van der Waals surface area contributed by atoms with E-state index in [9.17, 15) is 0 Å². The summed E-state index contributed by atoms with van der Waals surface area (Å²) in [7, 11) is 1.68. The first kappa shape index (κ1) is 18.2. The van der Waals surface area contributed by atoms with E-state index in [2.05, 4.69) is 44.5 Å². The lowest BCUT2D eigenvalue weighted by Gasteiger charge is -2.11. The number of imidazole rings is 2. The summed E-state index contributed by atoms with van der Waals surface area (Å²) in [6, 6.07) is 8.00. The summed E-state index contributed by atoms with van der Waals surface area (Å²) in [6.07, 6.45) is 8.82. The van der Waals surface area contributed by atoms with Gasteiger partial charge in [0.25, 0.3) is 0 Å². The van der Waals surface area contributed by atoms with Gasteiger partial charge in [0.1, 0.15) is 17.4 Å². The molecule has 0 unspecified atom stereocenters. The standard InChI is InChI=1S/C20H27N5O/c1-16(2)20-23-10-13-24(20)12-4-9-21-15-19-22-11-14-25(19)17-5-7-18(26-3)8-6-17/h5-8,10-11,13-14,16,21H,4,9,12,15H2,1-3H3. The fourth-order valence-electron chi connectivity index (χ4n) is 3.03. The quantitative estimate of drug-likeness (QED) is 0.599. The monoisotopic (exact) mass is 353 g/mol. The van der Waals surface area contributed by atoms with Crippen LogP contribution in [0.2, 0.25) is 0 Å². The Kier molecular flexibility index (Phi) is 6.07. The highest BCUT2D eigenvalue weighted by Gasteiger charge is 2.07. The van der Waals surface area contributed by atoms with Crippen molar-refractivity contribution in [1.82, 2.24) is 24.4 Å². The van der Waals surface area contributed by atoms with Crippen LogP contribution in [0.3, 0.4) is 0 Å². The van der Waals surface area contributed by atoms with Gasteiger partial charge in [-0.15, -0.1) is 0 Å². The molecule has 0 spiro atoms. The molecule has 2 aromatic heterocycles. The van der Waals surface area contributed by atoms with Gasteiger partial charge in [0.2, 0.25) is 0 Å². The van der Waals surface area contributed by atoms with Crippen LogP contribution in [0.5, 0.6) is 5.75 Å². The first-order chi connectivity index (χ1) is 12.7. The minimum Gasteiger partial charge on any atom is -0.497 e. The normalized spacial score (nSPS) is 11.2. The molecule has 0 saturated heterocycles. The Morgan fingerprint density at radius 2 is 1.85 bits per heavy atom. The van der Waals surface area contributed by atoms with Crippen molar-refractivity contribution in [3.63, 3.8) is 0 Å². The second-order valence-electron chi connectivity index (χ2n) is 6.58. The number of rotatable bonds is 9. The number of nitrogens with zero attached hydrogens (tertiary/aromatic N) is 4. The molecule has 26 heavy (non-hydrogen) atoms. The van der Waals surface area contributed by atoms with E-state index in [1.807, 2.05) is 42.9 Å². The number of ether oxygens (including phenoxy) is 1. The highest BCUT2D eigenvalue weighted by atomic mass is 16.5. The van der Waals surface area contributed by atoms with E-state index in [-0.39, 0.29) is 0 Å². The first-order valence-corrected chi connectivity index (χ1v) is 9.07. The van der Waals surface area contributed by atoms with Gasteiger partial charge in [-0.05, 0) is 37.2 Å². The van der Waals surface area contributed by atoms with Gasteiger partial charge in [-0.3, -0.25) is 0 Å². The van der Waals surface area contributed by atoms with Gasteiger partial charge in [-0.2, -0.15) is 0 Å². The summed E-state index contributed by atoms with van der Waals surface area (Å²) < 4.78 is 9.56. The third kappa shape index (κ3) is 4.32. The lowest BCUT2D eigenvalue weighted by molar-refractivity contribution is 0.414. The van der Waals surface area contributed by atoms with Crippen LogP contribution in [-0.4, -0.2) is 32.8 Å². The summed E-state index contributed by atoms with van der Waals surface area (Å²) in [5.74, 6) is 3.46. The molecule has 1 aromatic carbocycles. The van der Waals surface area contributed by atoms with E-state index in [0.29, 0.717) is 5.92 Å². The van der Waals surface area contributed by atoms with E-state index in [0.717, 1.165) is 49.1 Å². The van der Waals surface area contributed by atoms with Crippen LogP contribution in [0.25, 0.3) is 5.69 Å². The summed E-state index contributed by atoms with van der Waals surface area (Å²) in [6.45, 7) is 7.00. The Hall–Kier alpha value is -2.60. The van der Waals surface area contributed by atoms with Crippen LogP contribution in [0.15, 0.2) is 49.1 Å². The summed E-state index contributed by atoms with van der Waals surface area (Å²) in [5.41, 5.74) is 1.08. The molecule has 2 heterocycles. The van der Waals surface area contributed by atoms with E-state index in [4.69, 9.17) is 4.74 Å². The van der Waals surface area contributed by atoms with Gasteiger partial charge in [-0.1, -0.05) is 13.8 Å². The Morgan fingerprint density at radius 3 is 2.58 bits per heavy atom. The maximum Gasteiger partial charge on any atom is 0.127 e. The van der Waals surface area contributed by atoms with Gasteiger partial charge < -0.3 is 19.2 Å². The Bertz CT molecular complexity index is 804. The number of benzene rings is 1. The van der Waals surface area contributed by atoms with Gasteiger partial charge in [-0.25, -0.2) is 9.97 Å². The SMILES string of the molecule is COc1ccc(-n2ccnc2CNCCCn2ccnc2C(C)C)cc1. The predicted molar refractivity (Wildman–Crippen MR) is 103 cm³/mol. The molecule has 0 radical (unpaired) electrons. The average Bonchev–Trinajstić information content (AvgIpc) is 3.31. The van der Waals surface area contributed by atoms with Crippen molar-refractivity contribution in [1.29, 1.82) is 0 Å². The van der Waals surface area contributed by atoms with Gasteiger partial charge in [0.15, 0.2) is 0 Å². The molecule has 0 atom stereocenters. The van der Waals surface area contributed by atoms with E-state index < -0.39 is 0 Å². The number of methoxy groups -OCH3 is 1.